The number of nitrogens with zero attached hydrogens (tertiary/aromatic N) is 3. The molecule has 3 unspecified atom stereocenters. The number of benzene rings is 1. The van der Waals surface area contributed by atoms with Crippen LogP contribution in [0.3, 0.4) is 0 Å². The fourth-order valence-electron chi connectivity index (χ4n) is 3.46. The molecule has 33 heavy (non-hydrogen) atoms. The van der Waals surface area contributed by atoms with Crippen LogP contribution in [0.2, 0.25) is 0 Å². The van der Waals surface area contributed by atoms with Crippen LogP contribution in [0.4, 0.5) is 4.79 Å². The Balaban J connectivity index is 1.99. The summed E-state index contributed by atoms with van der Waals surface area (Å²) in [5.41, 5.74) is 4.83. The number of carbonyl (C=O) groups excluding carboxylic acids is 1. The minimum Gasteiger partial charge on any atom is -0.452 e. The second-order valence-electron chi connectivity index (χ2n) is 9.50. The molecule has 178 valence electrons. The van der Waals surface area contributed by atoms with E-state index < -0.39 is 12.4 Å². The van der Waals surface area contributed by atoms with E-state index in [2.05, 4.69) is 55.1 Å². The number of aryl methyl sites for hydroxylation is 2. The predicted octanol–water partition coefficient (Wildman–Crippen LogP) is 5.66. The standard InChI is InChI=1S/C26H35N3O4/c1-9-17(3)31-25(30)33-18(4)32-24(22-14-16(2)28-29(22)8)23(21-15-27-21)19-10-12-20(13-11-19)26(5,6)7/h10-15,17-18,21H,9H2,1-8H3/b24-23+. The Morgan fingerprint density at radius 3 is 2.24 bits per heavy atom. The molecule has 0 spiro atoms. The fraction of sp³-hybridized carbons (Fsp3) is 0.500. The van der Waals surface area contributed by atoms with E-state index in [0.29, 0.717) is 12.2 Å². The van der Waals surface area contributed by atoms with Crippen LogP contribution in [-0.4, -0.2) is 40.6 Å². The first-order valence-electron chi connectivity index (χ1n) is 11.4. The van der Waals surface area contributed by atoms with Crippen LogP contribution < -0.4 is 0 Å². The van der Waals surface area contributed by atoms with E-state index in [9.17, 15) is 4.79 Å². The molecule has 7 heteroatoms. The Bertz CT molecular complexity index is 1040. The summed E-state index contributed by atoms with van der Waals surface area (Å²) in [6.07, 6.45) is 0.737. The zero-order valence-corrected chi connectivity index (χ0v) is 20.9. The topological polar surface area (TPSA) is 74.9 Å². The molecule has 1 aliphatic rings. The molecule has 3 atom stereocenters. The third-order valence-corrected chi connectivity index (χ3v) is 5.55. The fourth-order valence-corrected chi connectivity index (χ4v) is 3.46. The lowest BCUT2D eigenvalue weighted by Gasteiger charge is -2.22. The molecule has 0 N–H and O–H groups in total. The number of hydrogen-bond acceptors (Lipinski definition) is 6. The SMILES string of the molecule is CCC(C)OC(=O)OC(C)O/C(=C(\c1ccc(C(C)(C)C)cc1)C1C=N1)c1cc(C)nn1C. The molecule has 2 aromatic rings. The van der Waals surface area contributed by atoms with Gasteiger partial charge in [0.05, 0.1) is 5.69 Å². The number of rotatable bonds is 8. The lowest BCUT2D eigenvalue weighted by molar-refractivity contribution is -0.0754. The van der Waals surface area contributed by atoms with E-state index in [0.717, 1.165) is 22.5 Å². The third-order valence-electron chi connectivity index (χ3n) is 5.55. The van der Waals surface area contributed by atoms with Gasteiger partial charge in [-0.25, -0.2) is 4.79 Å². The van der Waals surface area contributed by atoms with Crippen molar-refractivity contribution in [1.82, 2.24) is 9.78 Å². The van der Waals surface area contributed by atoms with Gasteiger partial charge in [-0.3, -0.25) is 9.67 Å². The lowest BCUT2D eigenvalue weighted by Crippen LogP contribution is -2.23. The highest BCUT2D eigenvalue weighted by Gasteiger charge is 2.30. The highest BCUT2D eigenvalue weighted by atomic mass is 16.8. The maximum absolute atomic E-state index is 12.1. The van der Waals surface area contributed by atoms with Crippen molar-refractivity contribution in [3.8, 4) is 0 Å². The lowest BCUT2D eigenvalue weighted by atomic mass is 9.86. The molecule has 1 aromatic carbocycles. The summed E-state index contributed by atoms with van der Waals surface area (Å²) >= 11 is 0. The van der Waals surface area contributed by atoms with Crippen molar-refractivity contribution in [1.29, 1.82) is 0 Å². The van der Waals surface area contributed by atoms with Crippen molar-refractivity contribution in [2.24, 2.45) is 12.0 Å². The first-order valence-corrected chi connectivity index (χ1v) is 11.4. The average molecular weight is 454 g/mol. The summed E-state index contributed by atoms with van der Waals surface area (Å²) < 4.78 is 18.6. The molecule has 2 heterocycles. The predicted molar refractivity (Wildman–Crippen MR) is 130 cm³/mol. The number of carbonyl (C=O) groups is 1. The van der Waals surface area contributed by atoms with Crippen LogP contribution in [0.5, 0.6) is 0 Å². The van der Waals surface area contributed by atoms with Crippen molar-refractivity contribution in [2.45, 2.75) is 78.7 Å². The van der Waals surface area contributed by atoms with Gasteiger partial charge >= 0.3 is 6.16 Å². The van der Waals surface area contributed by atoms with Crippen molar-refractivity contribution in [3.63, 3.8) is 0 Å². The van der Waals surface area contributed by atoms with E-state index in [4.69, 9.17) is 14.2 Å². The largest absolute Gasteiger partial charge is 0.511 e. The summed E-state index contributed by atoms with van der Waals surface area (Å²) in [5, 5.41) is 4.48. The van der Waals surface area contributed by atoms with E-state index >= 15 is 0 Å². The third kappa shape index (κ3) is 6.24. The quantitative estimate of drug-likeness (QED) is 0.293. The zero-order valence-electron chi connectivity index (χ0n) is 20.9. The Hall–Kier alpha value is -3.09. The van der Waals surface area contributed by atoms with E-state index in [1.165, 1.54) is 5.56 Å². The van der Waals surface area contributed by atoms with Gasteiger partial charge in [-0.1, -0.05) is 52.0 Å². The van der Waals surface area contributed by atoms with Crippen LogP contribution in [-0.2, 0) is 26.7 Å². The monoisotopic (exact) mass is 453 g/mol. The molecule has 0 bridgehead atoms. The van der Waals surface area contributed by atoms with Crippen LogP contribution in [0.1, 0.15) is 70.5 Å². The van der Waals surface area contributed by atoms with Crippen molar-refractivity contribution >= 4 is 23.7 Å². The van der Waals surface area contributed by atoms with E-state index in [1.807, 2.05) is 40.1 Å². The molecule has 0 aliphatic carbocycles. The minimum absolute atomic E-state index is 0.0509. The molecule has 3 rings (SSSR count). The Morgan fingerprint density at radius 2 is 1.76 bits per heavy atom. The van der Waals surface area contributed by atoms with Gasteiger partial charge in [-0.15, -0.1) is 0 Å². The number of ether oxygens (including phenoxy) is 3. The summed E-state index contributed by atoms with van der Waals surface area (Å²) in [7, 11) is 1.86. The minimum atomic E-state index is -0.866. The van der Waals surface area contributed by atoms with Gasteiger partial charge in [0.15, 0.2) is 5.76 Å². The number of aliphatic imine (C=N–C) groups is 1. The van der Waals surface area contributed by atoms with E-state index in [1.54, 1.807) is 11.6 Å². The second-order valence-corrected chi connectivity index (χ2v) is 9.50. The maximum Gasteiger partial charge on any atom is 0.511 e. The van der Waals surface area contributed by atoms with Crippen LogP contribution in [0.15, 0.2) is 35.3 Å². The van der Waals surface area contributed by atoms with Crippen molar-refractivity contribution < 1.29 is 19.0 Å². The first-order chi connectivity index (χ1) is 15.5. The smallest absolute Gasteiger partial charge is 0.452 e. The maximum atomic E-state index is 12.1. The summed E-state index contributed by atoms with van der Waals surface area (Å²) in [5.74, 6) is 0.577. The van der Waals surface area contributed by atoms with Gasteiger partial charge < -0.3 is 14.2 Å². The van der Waals surface area contributed by atoms with Gasteiger partial charge in [0.1, 0.15) is 17.8 Å². The molecule has 0 saturated heterocycles. The van der Waals surface area contributed by atoms with Gasteiger partial charge in [0.2, 0.25) is 6.29 Å². The highest BCUT2D eigenvalue weighted by molar-refractivity contribution is 6.03. The normalized spacial score (nSPS) is 17.8. The second kappa shape index (κ2) is 9.81. The number of hydrogen-bond donors (Lipinski definition) is 0. The van der Waals surface area contributed by atoms with Gasteiger partial charge in [0, 0.05) is 25.8 Å². The van der Waals surface area contributed by atoms with Crippen LogP contribution >= 0.6 is 0 Å². The van der Waals surface area contributed by atoms with Gasteiger partial charge in [-0.05, 0) is 42.9 Å². The summed E-state index contributed by atoms with van der Waals surface area (Å²) in [4.78, 5) is 16.6. The van der Waals surface area contributed by atoms with Gasteiger partial charge in [-0.2, -0.15) is 5.10 Å². The Kier molecular flexibility index (Phi) is 7.30. The molecule has 1 aromatic heterocycles. The molecular formula is C26H35N3O4. The molecular weight excluding hydrogens is 418 g/mol. The Morgan fingerprint density at radius 1 is 1.12 bits per heavy atom. The average Bonchev–Trinajstić information content (AvgIpc) is 3.50. The van der Waals surface area contributed by atoms with Crippen LogP contribution in [0, 0.1) is 6.92 Å². The summed E-state index contributed by atoms with van der Waals surface area (Å²) in [6, 6.07) is 10.3. The molecule has 0 radical (unpaired) electrons. The van der Waals surface area contributed by atoms with Gasteiger partial charge in [0.25, 0.3) is 0 Å². The molecule has 0 saturated carbocycles. The Labute approximate surface area is 196 Å². The number of aromatic nitrogens is 2. The molecule has 0 amide bonds. The molecule has 1 aliphatic heterocycles. The molecule has 7 nitrogen and oxygen atoms in total. The molecule has 0 fully saturated rings. The highest BCUT2D eigenvalue weighted by Crippen LogP contribution is 2.36. The zero-order chi connectivity index (χ0) is 24.3. The van der Waals surface area contributed by atoms with E-state index in [-0.39, 0.29) is 17.6 Å². The first kappa shape index (κ1) is 24.6. The van der Waals surface area contributed by atoms with Crippen LogP contribution in [0.25, 0.3) is 11.3 Å². The van der Waals surface area contributed by atoms with Crippen molar-refractivity contribution in [2.75, 3.05) is 0 Å². The van der Waals surface area contributed by atoms with Crippen molar-refractivity contribution in [3.05, 3.63) is 52.8 Å². The summed E-state index contributed by atoms with van der Waals surface area (Å²) in [6.45, 7) is 13.9.